The molecular formula is C23H36FN3O2. The lowest BCUT2D eigenvalue weighted by molar-refractivity contribution is 0.0888. The maximum atomic E-state index is 13.4. The van der Waals surface area contributed by atoms with Gasteiger partial charge in [-0.1, -0.05) is 31.4 Å². The first kappa shape index (κ1) is 22.0. The van der Waals surface area contributed by atoms with Crippen molar-refractivity contribution in [3.63, 3.8) is 0 Å². The molecule has 2 aliphatic rings. The molecule has 29 heavy (non-hydrogen) atoms. The summed E-state index contributed by atoms with van der Waals surface area (Å²) in [6.07, 6.45) is 8.02. The van der Waals surface area contributed by atoms with Gasteiger partial charge in [-0.25, -0.2) is 4.39 Å². The molecule has 1 saturated heterocycles. The Hall–Kier alpha value is -1.66. The van der Waals surface area contributed by atoms with Crippen LogP contribution < -0.4 is 10.6 Å². The van der Waals surface area contributed by atoms with E-state index < -0.39 is 0 Å². The van der Waals surface area contributed by atoms with Crippen molar-refractivity contribution in [2.45, 2.75) is 50.4 Å². The molecule has 1 atom stereocenters. The minimum atomic E-state index is -0.173. The first-order valence-electron chi connectivity index (χ1n) is 11.1. The van der Waals surface area contributed by atoms with Crippen molar-refractivity contribution in [2.75, 3.05) is 46.6 Å². The van der Waals surface area contributed by atoms with Gasteiger partial charge in [-0.05, 0) is 43.4 Å². The predicted octanol–water partition coefficient (Wildman–Crippen LogP) is 3.64. The number of rotatable bonds is 9. The van der Waals surface area contributed by atoms with Crippen LogP contribution in [0.25, 0.3) is 0 Å². The zero-order chi connectivity index (χ0) is 20.4. The normalized spacial score (nSPS) is 21.9. The van der Waals surface area contributed by atoms with E-state index in [1.54, 1.807) is 19.2 Å². The fourth-order valence-electron chi connectivity index (χ4n) is 4.42. The maximum absolute atomic E-state index is 13.4. The molecule has 6 heteroatoms. The highest BCUT2D eigenvalue weighted by atomic mass is 19.1. The van der Waals surface area contributed by atoms with Gasteiger partial charge in [0.25, 0.3) is 0 Å². The van der Waals surface area contributed by atoms with Gasteiger partial charge < -0.3 is 20.1 Å². The summed E-state index contributed by atoms with van der Waals surface area (Å²) in [4.78, 5) is 4.37. The highest BCUT2D eigenvalue weighted by molar-refractivity contribution is 5.79. The summed E-state index contributed by atoms with van der Waals surface area (Å²) in [5.41, 5.74) is 1.28. The molecule has 0 spiro atoms. The number of benzene rings is 1. The summed E-state index contributed by atoms with van der Waals surface area (Å²) in [5.74, 6) is 1.21. The molecular weight excluding hydrogens is 369 g/mol. The van der Waals surface area contributed by atoms with Gasteiger partial charge in [0.1, 0.15) is 5.82 Å². The Balaban J connectivity index is 1.42. The van der Waals surface area contributed by atoms with Crippen LogP contribution in [-0.4, -0.2) is 52.5 Å². The fraction of sp³-hybridized carbons (Fsp3) is 0.696. The Morgan fingerprint density at radius 3 is 2.69 bits per heavy atom. The highest BCUT2D eigenvalue weighted by Gasteiger charge is 2.34. The monoisotopic (exact) mass is 405 g/mol. The standard InChI is InChI=1S/C23H36FN3O2/c1-25-22(26-13-5-14-28-16-19-10-15-29-17-19)27-18-23(11-3-2-4-12-23)20-6-8-21(24)9-7-20/h6-9,19H,2-5,10-18H2,1H3,(H2,25,26,27). The van der Waals surface area contributed by atoms with Gasteiger partial charge in [-0.3, -0.25) is 4.99 Å². The van der Waals surface area contributed by atoms with Crippen LogP contribution in [0.2, 0.25) is 0 Å². The van der Waals surface area contributed by atoms with Crippen molar-refractivity contribution in [2.24, 2.45) is 10.9 Å². The predicted molar refractivity (Wildman–Crippen MR) is 115 cm³/mol. The van der Waals surface area contributed by atoms with Crippen LogP contribution in [-0.2, 0) is 14.9 Å². The van der Waals surface area contributed by atoms with E-state index in [4.69, 9.17) is 9.47 Å². The van der Waals surface area contributed by atoms with E-state index >= 15 is 0 Å². The largest absolute Gasteiger partial charge is 0.381 e. The molecule has 3 rings (SSSR count). The summed E-state index contributed by atoms with van der Waals surface area (Å²) in [7, 11) is 1.80. The Labute approximate surface area is 174 Å². The Morgan fingerprint density at radius 2 is 2.00 bits per heavy atom. The van der Waals surface area contributed by atoms with E-state index in [9.17, 15) is 4.39 Å². The second-order valence-electron chi connectivity index (χ2n) is 8.36. The van der Waals surface area contributed by atoms with Gasteiger partial charge in [0.2, 0.25) is 0 Å². The third-order valence-corrected chi connectivity index (χ3v) is 6.22. The van der Waals surface area contributed by atoms with Crippen LogP contribution in [0.1, 0.15) is 50.5 Å². The summed E-state index contributed by atoms with van der Waals surface area (Å²) >= 11 is 0. The molecule has 1 aromatic carbocycles. The Bertz CT molecular complexity index is 624. The summed E-state index contributed by atoms with van der Waals surface area (Å²) in [5, 5.41) is 6.91. The second kappa shape index (κ2) is 11.5. The lowest BCUT2D eigenvalue weighted by atomic mass is 9.69. The number of nitrogens with one attached hydrogen (secondary N) is 2. The van der Waals surface area contributed by atoms with Crippen LogP contribution >= 0.6 is 0 Å². The second-order valence-corrected chi connectivity index (χ2v) is 8.36. The van der Waals surface area contributed by atoms with Gasteiger partial charge in [-0.15, -0.1) is 0 Å². The SMILES string of the molecule is CN=C(NCCCOCC1CCOC1)NCC1(c2ccc(F)cc2)CCCCC1. The summed E-state index contributed by atoms with van der Waals surface area (Å²) in [6, 6.07) is 7.06. The molecule has 162 valence electrons. The Morgan fingerprint density at radius 1 is 1.21 bits per heavy atom. The van der Waals surface area contributed by atoms with Crippen LogP contribution in [0.3, 0.4) is 0 Å². The molecule has 1 aliphatic heterocycles. The molecule has 1 unspecified atom stereocenters. The summed E-state index contributed by atoms with van der Waals surface area (Å²) in [6.45, 7) is 4.90. The molecule has 1 saturated carbocycles. The van der Waals surface area contributed by atoms with Gasteiger partial charge in [0, 0.05) is 44.7 Å². The molecule has 2 N–H and O–H groups in total. The topological polar surface area (TPSA) is 54.9 Å². The number of halogens is 1. The molecule has 2 fully saturated rings. The van der Waals surface area contributed by atoms with Gasteiger partial charge >= 0.3 is 0 Å². The van der Waals surface area contributed by atoms with E-state index in [-0.39, 0.29) is 11.2 Å². The van der Waals surface area contributed by atoms with Crippen LogP contribution in [0.4, 0.5) is 4.39 Å². The first-order valence-corrected chi connectivity index (χ1v) is 11.1. The van der Waals surface area contributed by atoms with Gasteiger partial charge in [-0.2, -0.15) is 0 Å². The average Bonchev–Trinajstić information content (AvgIpc) is 3.27. The number of ether oxygens (including phenoxy) is 2. The molecule has 0 amide bonds. The van der Waals surface area contributed by atoms with E-state index in [1.807, 2.05) is 12.1 Å². The number of guanidine groups is 1. The summed E-state index contributed by atoms with van der Waals surface area (Å²) < 4.78 is 24.5. The number of nitrogens with zero attached hydrogens (tertiary/aromatic N) is 1. The van der Waals surface area contributed by atoms with E-state index in [0.717, 1.165) is 71.2 Å². The van der Waals surface area contributed by atoms with Gasteiger partial charge in [0.15, 0.2) is 5.96 Å². The smallest absolute Gasteiger partial charge is 0.191 e. The average molecular weight is 406 g/mol. The van der Waals surface area contributed by atoms with Crippen molar-refractivity contribution < 1.29 is 13.9 Å². The lowest BCUT2D eigenvalue weighted by Gasteiger charge is -2.38. The third-order valence-electron chi connectivity index (χ3n) is 6.22. The lowest BCUT2D eigenvalue weighted by Crippen LogP contribution is -2.46. The van der Waals surface area contributed by atoms with Crippen molar-refractivity contribution in [3.8, 4) is 0 Å². The van der Waals surface area contributed by atoms with E-state index in [0.29, 0.717) is 5.92 Å². The minimum absolute atomic E-state index is 0.0516. The van der Waals surface area contributed by atoms with Crippen LogP contribution in [0.15, 0.2) is 29.3 Å². The number of hydrogen-bond donors (Lipinski definition) is 2. The number of hydrogen-bond acceptors (Lipinski definition) is 3. The zero-order valence-corrected chi connectivity index (χ0v) is 17.7. The van der Waals surface area contributed by atoms with Crippen LogP contribution in [0.5, 0.6) is 0 Å². The van der Waals surface area contributed by atoms with Crippen molar-refractivity contribution >= 4 is 5.96 Å². The maximum Gasteiger partial charge on any atom is 0.191 e. The molecule has 0 bridgehead atoms. The minimum Gasteiger partial charge on any atom is -0.381 e. The molecule has 1 heterocycles. The third kappa shape index (κ3) is 6.68. The van der Waals surface area contributed by atoms with Crippen molar-refractivity contribution in [1.29, 1.82) is 0 Å². The van der Waals surface area contributed by atoms with Crippen molar-refractivity contribution in [1.82, 2.24) is 10.6 Å². The molecule has 0 radical (unpaired) electrons. The number of aliphatic imine (C=N–C) groups is 1. The molecule has 1 aliphatic carbocycles. The van der Waals surface area contributed by atoms with E-state index in [2.05, 4.69) is 15.6 Å². The quantitative estimate of drug-likeness (QED) is 0.374. The van der Waals surface area contributed by atoms with Crippen LogP contribution in [0, 0.1) is 11.7 Å². The van der Waals surface area contributed by atoms with Crippen molar-refractivity contribution in [3.05, 3.63) is 35.6 Å². The fourth-order valence-corrected chi connectivity index (χ4v) is 4.42. The Kier molecular flexibility index (Phi) is 8.74. The highest BCUT2D eigenvalue weighted by Crippen LogP contribution is 2.39. The first-order chi connectivity index (χ1) is 14.2. The van der Waals surface area contributed by atoms with E-state index in [1.165, 1.54) is 24.8 Å². The molecule has 0 aromatic heterocycles. The molecule has 5 nitrogen and oxygen atoms in total. The molecule has 1 aromatic rings. The zero-order valence-electron chi connectivity index (χ0n) is 17.7. The van der Waals surface area contributed by atoms with Gasteiger partial charge in [0.05, 0.1) is 13.2 Å².